The van der Waals surface area contributed by atoms with Gasteiger partial charge in [-0.05, 0) is 13.8 Å². The molecule has 112 valence electrons. The smallest absolute Gasteiger partial charge is 0.342 e. The number of rotatable bonds is 6. The molecule has 0 unspecified atom stereocenters. The molecule has 2 N–H and O–H groups in total. The van der Waals surface area contributed by atoms with Crippen molar-refractivity contribution in [3.8, 4) is 0 Å². The topological polar surface area (TPSA) is 123 Å². The van der Waals surface area contributed by atoms with Gasteiger partial charge < -0.3 is 14.3 Å². The van der Waals surface area contributed by atoms with E-state index < -0.39 is 22.0 Å². The maximum absolute atomic E-state index is 12.1. The molecule has 0 aliphatic carbocycles. The average molecular weight is 305 g/mol. The van der Waals surface area contributed by atoms with Gasteiger partial charge in [0.15, 0.2) is 0 Å². The first-order valence-electron chi connectivity index (χ1n) is 5.60. The van der Waals surface area contributed by atoms with Crippen molar-refractivity contribution in [1.82, 2.24) is 4.72 Å². The highest BCUT2D eigenvalue weighted by atomic mass is 32.2. The predicted molar refractivity (Wildman–Crippen MR) is 67.0 cm³/mol. The molecule has 1 aromatic heterocycles. The molecule has 0 aliphatic rings. The quantitative estimate of drug-likeness (QED) is 0.731. The fourth-order valence-corrected chi connectivity index (χ4v) is 3.12. The van der Waals surface area contributed by atoms with Crippen molar-refractivity contribution in [3.63, 3.8) is 0 Å². The molecule has 0 saturated heterocycles. The molecule has 1 aromatic rings. The molecule has 0 aromatic carbocycles. The number of furan rings is 1. The lowest BCUT2D eigenvalue weighted by atomic mass is 10.2. The number of hydrogen-bond donors (Lipinski definition) is 2. The lowest BCUT2D eigenvalue weighted by Crippen LogP contribution is -2.28. The van der Waals surface area contributed by atoms with Crippen molar-refractivity contribution < 1.29 is 32.3 Å². The van der Waals surface area contributed by atoms with E-state index in [-0.39, 0.29) is 34.9 Å². The number of aliphatic carboxylic acids is 1. The zero-order valence-corrected chi connectivity index (χ0v) is 12.0. The molecule has 8 nitrogen and oxygen atoms in total. The van der Waals surface area contributed by atoms with Crippen LogP contribution in [0.3, 0.4) is 0 Å². The van der Waals surface area contributed by atoms with Gasteiger partial charge in [-0.25, -0.2) is 17.9 Å². The number of sulfonamides is 1. The third-order valence-corrected chi connectivity index (χ3v) is 4.11. The monoisotopic (exact) mass is 305 g/mol. The second-order valence-corrected chi connectivity index (χ2v) is 5.66. The zero-order chi connectivity index (χ0) is 15.5. The van der Waals surface area contributed by atoms with E-state index in [4.69, 9.17) is 9.52 Å². The predicted octanol–water partition coefficient (Wildman–Crippen LogP) is 0.436. The minimum absolute atomic E-state index is 0.0331. The number of carboxylic acid groups (broad SMARTS) is 1. The van der Waals surface area contributed by atoms with E-state index in [9.17, 15) is 18.0 Å². The Morgan fingerprint density at radius 1 is 1.30 bits per heavy atom. The Kier molecular flexibility index (Phi) is 4.90. The summed E-state index contributed by atoms with van der Waals surface area (Å²) in [4.78, 5) is 21.7. The van der Waals surface area contributed by atoms with Crippen molar-refractivity contribution in [2.45, 2.75) is 25.2 Å². The Labute approximate surface area is 115 Å². The minimum atomic E-state index is -4.06. The van der Waals surface area contributed by atoms with Crippen LogP contribution < -0.4 is 4.72 Å². The van der Waals surface area contributed by atoms with Crippen molar-refractivity contribution in [3.05, 3.63) is 17.1 Å². The Morgan fingerprint density at radius 3 is 2.40 bits per heavy atom. The van der Waals surface area contributed by atoms with Crippen molar-refractivity contribution in [2.75, 3.05) is 13.7 Å². The highest BCUT2D eigenvalue weighted by molar-refractivity contribution is 7.89. The maximum Gasteiger partial charge on any atom is 0.342 e. The summed E-state index contributed by atoms with van der Waals surface area (Å²) in [5.74, 6) is -1.82. The molecule has 1 rings (SSSR count). The summed E-state index contributed by atoms with van der Waals surface area (Å²) in [6.07, 6.45) is -0.372. The zero-order valence-electron chi connectivity index (χ0n) is 11.2. The fourth-order valence-electron chi connectivity index (χ4n) is 1.69. The number of carboxylic acids is 1. The SMILES string of the molecule is COC(=O)c1c(C)oc(C)c1S(=O)(=O)NCCC(=O)O. The van der Waals surface area contributed by atoms with Gasteiger partial charge in [0.05, 0.1) is 13.5 Å². The summed E-state index contributed by atoms with van der Waals surface area (Å²) in [5.41, 5.74) is -0.187. The fraction of sp³-hybridized carbons (Fsp3) is 0.455. The van der Waals surface area contributed by atoms with Gasteiger partial charge in [0.1, 0.15) is 22.0 Å². The van der Waals surface area contributed by atoms with Crippen molar-refractivity contribution >= 4 is 22.0 Å². The van der Waals surface area contributed by atoms with Gasteiger partial charge in [-0.3, -0.25) is 4.79 Å². The van der Waals surface area contributed by atoms with E-state index in [1.165, 1.54) is 13.8 Å². The van der Waals surface area contributed by atoms with Gasteiger partial charge >= 0.3 is 11.9 Å². The highest BCUT2D eigenvalue weighted by Crippen LogP contribution is 2.27. The summed E-state index contributed by atoms with van der Waals surface area (Å²) >= 11 is 0. The maximum atomic E-state index is 12.1. The van der Waals surface area contributed by atoms with Crippen LogP contribution in [-0.4, -0.2) is 39.1 Å². The molecule has 0 aliphatic heterocycles. The van der Waals surface area contributed by atoms with Crippen LogP contribution in [0.2, 0.25) is 0 Å². The molecule has 0 atom stereocenters. The molecule has 0 spiro atoms. The first-order valence-corrected chi connectivity index (χ1v) is 7.08. The number of carbonyl (C=O) groups excluding carboxylic acids is 1. The first-order chi connectivity index (χ1) is 9.20. The van der Waals surface area contributed by atoms with Crippen LogP contribution in [0, 0.1) is 13.8 Å². The van der Waals surface area contributed by atoms with Gasteiger partial charge in [-0.2, -0.15) is 0 Å². The van der Waals surface area contributed by atoms with Crippen LogP contribution in [0.15, 0.2) is 9.31 Å². The van der Waals surface area contributed by atoms with Crippen LogP contribution in [0.5, 0.6) is 0 Å². The van der Waals surface area contributed by atoms with E-state index in [1.807, 2.05) is 0 Å². The highest BCUT2D eigenvalue weighted by Gasteiger charge is 2.31. The summed E-state index contributed by atoms with van der Waals surface area (Å²) in [7, 11) is -2.94. The molecule has 9 heteroatoms. The van der Waals surface area contributed by atoms with E-state index in [2.05, 4.69) is 9.46 Å². The lowest BCUT2D eigenvalue weighted by Gasteiger charge is -2.06. The molecule has 20 heavy (non-hydrogen) atoms. The Balaban J connectivity index is 3.18. The van der Waals surface area contributed by atoms with Gasteiger partial charge in [-0.15, -0.1) is 0 Å². The molecule has 0 radical (unpaired) electrons. The number of carbonyl (C=O) groups is 2. The van der Waals surface area contributed by atoms with E-state index >= 15 is 0 Å². The number of nitrogens with one attached hydrogen (secondary N) is 1. The second kappa shape index (κ2) is 6.06. The largest absolute Gasteiger partial charge is 0.481 e. The molecule has 0 amide bonds. The Morgan fingerprint density at radius 2 is 1.90 bits per heavy atom. The van der Waals surface area contributed by atoms with Gasteiger partial charge in [0.25, 0.3) is 0 Å². The number of ether oxygens (including phenoxy) is 1. The third kappa shape index (κ3) is 3.36. The number of methoxy groups -OCH3 is 1. The summed E-state index contributed by atoms with van der Waals surface area (Å²) < 4.78 is 36.0. The van der Waals surface area contributed by atoms with E-state index in [0.717, 1.165) is 7.11 Å². The van der Waals surface area contributed by atoms with Crippen LogP contribution >= 0.6 is 0 Å². The van der Waals surface area contributed by atoms with Gasteiger partial charge in [0, 0.05) is 6.54 Å². The minimum Gasteiger partial charge on any atom is -0.481 e. The third-order valence-electron chi connectivity index (χ3n) is 2.49. The molecule has 0 fully saturated rings. The van der Waals surface area contributed by atoms with Crippen LogP contribution in [0.25, 0.3) is 0 Å². The van der Waals surface area contributed by atoms with Crippen molar-refractivity contribution in [2.24, 2.45) is 0 Å². The lowest BCUT2D eigenvalue weighted by molar-refractivity contribution is -0.136. The average Bonchev–Trinajstić information content (AvgIpc) is 2.63. The normalized spacial score (nSPS) is 11.3. The Hall–Kier alpha value is -1.87. The van der Waals surface area contributed by atoms with Crippen LogP contribution in [-0.2, 0) is 19.6 Å². The number of hydrogen-bond acceptors (Lipinski definition) is 6. The Bertz CT molecular complexity index is 629. The first kappa shape index (κ1) is 16.2. The molecular formula is C11H15NO7S. The van der Waals surface area contributed by atoms with Gasteiger partial charge in [-0.1, -0.05) is 0 Å². The summed E-state index contributed by atoms with van der Waals surface area (Å²) in [5, 5.41) is 8.49. The van der Waals surface area contributed by atoms with E-state index in [0.29, 0.717) is 0 Å². The number of esters is 1. The molecule has 1 heterocycles. The second-order valence-electron chi connectivity index (χ2n) is 3.95. The summed E-state index contributed by atoms with van der Waals surface area (Å²) in [6, 6.07) is 0. The summed E-state index contributed by atoms with van der Waals surface area (Å²) in [6.45, 7) is 2.54. The molecule has 0 saturated carbocycles. The van der Waals surface area contributed by atoms with E-state index in [1.54, 1.807) is 0 Å². The van der Waals surface area contributed by atoms with Crippen molar-refractivity contribution in [1.29, 1.82) is 0 Å². The standard InChI is InChI=1S/C11H15NO7S/c1-6-9(11(15)18-3)10(7(2)19-6)20(16,17)12-5-4-8(13)14/h12H,4-5H2,1-3H3,(H,13,14). The van der Waals surface area contributed by atoms with Gasteiger partial charge in [0.2, 0.25) is 10.0 Å². The van der Waals surface area contributed by atoms with Crippen LogP contribution in [0.1, 0.15) is 28.3 Å². The van der Waals surface area contributed by atoms with Crippen LogP contribution in [0.4, 0.5) is 0 Å². The number of aryl methyl sites for hydroxylation is 2. The molecule has 0 bridgehead atoms. The molecular weight excluding hydrogens is 290 g/mol.